The molecule has 2 N–H and O–H groups in total. The molecule has 2 nitrogen and oxygen atoms in total. The molecular weight excluding hydrogens is 256 g/mol. The summed E-state index contributed by atoms with van der Waals surface area (Å²) in [5, 5.41) is 0. The van der Waals surface area contributed by atoms with Gasteiger partial charge in [-0.15, -0.1) is 0 Å². The van der Waals surface area contributed by atoms with Crippen LogP contribution in [-0.4, -0.2) is 18.3 Å². The van der Waals surface area contributed by atoms with Gasteiger partial charge in [-0.3, -0.25) is 4.99 Å². The van der Waals surface area contributed by atoms with E-state index in [-0.39, 0.29) is 6.04 Å². The molecule has 1 rings (SSSR count). The first kappa shape index (κ1) is 17.6. The van der Waals surface area contributed by atoms with E-state index in [9.17, 15) is 0 Å². The molecule has 2 heteroatoms. The molecule has 1 aromatic carbocycles. The van der Waals surface area contributed by atoms with Gasteiger partial charge in [0.1, 0.15) is 0 Å². The van der Waals surface area contributed by atoms with Gasteiger partial charge in [0.2, 0.25) is 0 Å². The maximum absolute atomic E-state index is 6.21. The Labute approximate surface area is 130 Å². The summed E-state index contributed by atoms with van der Waals surface area (Å²) in [6.07, 6.45) is 0.847. The minimum atomic E-state index is 0.0338. The van der Waals surface area contributed by atoms with Crippen LogP contribution in [0.15, 0.2) is 41.4 Å². The molecule has 1 aromatic rings. The van der Waals surface area contributed by atoms with Gasteiger partial charge >= 0.3 is 0 Å². The van der Waals surface area contributed by atoms with Crippen molar-refractivity contribution in [2.45, 2.75) is 47.1 Å². The fourth-order valence-corrected chi connectivity index (χ4v) is 2.11. The van der Waals surface area contributed by atoms with Gasteiger partial charge < -0.3 is 5.73 Å². The number of nitrogens with two attached hydrogens (primary N) is 1. The summed E-state index contributed by atoms with van der Waals surface area (Å²) in [7, 11) is 0. The number of benzene rings is 1. The van der Waals surface area contributed by atoms with Crippen molar-refractivity contribution in [2.24, 2.45) is 22.6 Å². The third-order valence-electron chi connectivity index (χ3n) is 3.74. The monoisotopic (exact) mass is 286 g/mol. The number of aliphatic imine (C=N–C) groups is 1. The van der Waals surface area contributed by atoms with E-state index in [0.717, 1.165) is 24.3 Å². The highest BCUT2D eigenvalue weighted by molar-refractivity contribution is 5.98. The van der Waals surface area contributed by atoms with Gasteiger partial charge in [-0.25, -0.2) is 0 Å². The van der Waals surface area contributed by atoms with Gasteiger partial charge in [-0.1, -0.05) is 64.1 Å². The molecule has 1 unspecified atom stereocenters. The maximum atomic E-state index is 6.21. The molecule has 0 aliphatic heterocycles. The minimum Gasteiger partial charge on any atom is -0.324 e. The SMILES string of the molecule is C=C(C(C)C)C(N)Cc1ccc(/C(C)=N\CC(C)C)cc1. The van der Waals surface area contributed by atoms with Crippen molar-refractivity contribution in [2.75, 3.05) is 6.54 Å². The van der Waals surface area contributed by atoms with Crippen LogP contribution < -0.4 is 5.73 Å². The molecule has 0 bridgehead atoms. The van der Waals surface area contributed by atoms with Crippen LogP contribution in [0.25, 0.3) is 0 Å². The lowest BCUT2D eigenvalue weighted by Crippen LogP contribution is -2.27. The lowest BCUT2D eigenvalue weighted by molar-refractivity contribution is 0.642. The first-order chi connectivity index (χ1) is 9.81. The van der Waals surface area contributed by atoms with E-state index in [4.69, 9.17) is 5.73 Å². The van der Waals surface area contributed by atoms with Crippen molar-refractivity contribution < 1.29 is 0 Å². The van der Waals surface area contributed by atoms with E-state index in [1.807, 2.05) is 0 Å². The number of hydrogen-bond donors (Lipinski definition) is 1. The smallest absolute Gasteiger partial charge is 0.0415 e. The van der Waals surface area contributed by atoms with Gasteiger partial charge in [0, 0.05) is 18.3 Å². The maximum Gasteiger partial charge on any atom is 0.0415 e. The molecule has 0 amide bonds. The molecule has 0 radical (unpaired) electrons. The highest BCUT2D eigenvalue weighted by atomic mass is 14.7. The molecule has 0 aliphatic carbocycles. The Balaban J connectivity index is 2.70. The predicted molar refractivity (Wildman–Crippen MR) is 94.0 cm³/mol. The highest BCUT2D eigenvalue weighted by Crippen LogP contribution is 2.15. The summed E-state index contributed by atoms with van der Waals surface area (Å²) in [5.41, 5.74) is 10.9. The van der Waals surface area contributed by atoms with Crippen LogP contribution in [0.3, 0.4) is 0 Å². The van der Waals surface area contributed by atoms with Crippen LogP contribution >= 0.6 is 0 Å². The largest absolute Gasteiger partial charge is 0.324 e. The Kier molecular flexibility index (Phi) is 6.83. The van der Waals surface area contributed by atoms with Crippen molar-refractivity contribution in [3.05, 3.63) is 47.5 Å². The Morgan fingerprint density at radius 1 is 1.14 bits per heavy atom. The normalized spacial score (nSPS) is 13.8. The van der Waals surface area contributed by atoms with Crippen LogP contribution in [0.1, 0.15) is 45.7 Å². The summed E-state index contributed by atoms with van der Waals surface area (Å²) in [6.45, 7) is 15.7. The molecule has 1 atom stereocenters. The third-order valence-corrected chi connectivity index (χ3v) is 3.74. The van der Waals surface area contributed by atoms with Crippen molar-refractivity contribution in [3.63, 3.8) is 0 Å². The summed E-state index contributed by atoms with van der Waals surface area (Å²) in [6, 6.07) is 8.61. The first-order valence-corrected chi connectivity index (χ1v) is 7.85. The van der Waals surface area contributed by atoms with E-state index < -0.39 is 0 Å². The minimum absolute atomic E-state index is 0.0338. The topological polar surface area (TPSA) is 38.4 Å². The zero-order chi connectivity index (χ0) is 16.0. The highest BCUT2D eigenvalue weighted by Gasteiger charge is 2.11. The molecule has 116 valence electrons. The zero-order valence-corrected chi connectivity index (χ0v) is 14.2. The molecule has 0 spiro atoms. The lowest BCUT2D eigenvalue weighted by atomic mass is 9.93. The molecular formula is C19H30N2. The van der Waals surface area contributed by atoms with Crippen LogP contribution in [-0.2, 0) is 6.42 Å². The van der Waals surface area contributed by atoms with E-state index in [1.165, 1.54) is 11.1 Å². The van der Waals surface area contributed by atoms with E-state index in [1.54, 1.807) is 0 Å². The Hall–Kier alpha value is -1.41. The van der Waals surface area contributed by atoms with Crippen LogP contribution in [0.2, 0.25) is 0 Å². The molecule has 0 aliphatic rings. The lowest BCUT2D eigenvalue weighted by Gasteiger charge is -2.18. The van der Waals surface area contributed by atoms with Crippen LogP contribution in [0.4, 0.5) is 0 Å². The summed E-state index contributed by atoms with van der Waals surface area (Å²) in [5.74, 6) is 1.03. The Morgan fingerprint density at radius 3 is 2.19 bits per heavy atom. The van der Waals surface area contributed by atoms with E-state index in [0.29, 0.717) is 11.8 Å². The first-order valence-electron chi connectivity index (χ1n) is 7.85. The standard InChI is InChI=1S/C19H30N2/c1-13(2)12-21-16(6)18-9-7-17(8-10-18)11-19(20)15(5)14(3)4/h7-10,13-14,19H,5,11-12,20H2,1-4,6H3/b21-16-. The van der Waals surface area contributed by atoms with Gasteiger partial charge in [-0.05, 0) is 36.3 Å². The number of nitrogens with zero attached hydrogens (tertiary/aromatic N) is 1. The fraction of sp³-hybridized carbons (Fsp3) is 0.526. The van der Waals surface area contributed by atoms with Crippen molar-refractivity contribution >= 4 is 5.71 Å². The molecule has 0 saturated carbocycles. The Morgan fingerprint density at radius 2 is 1.71 bits per heavy atom. The second kappa shape index (κ2) is 8.14. The molecule has 0 aromatic heterocycles. The number of hydrogen-bond acceptors (Lipinski definition) is 2. The van der Waals surface area contributed by atoms with E-state index >= 15 is 0 Å². The molecule has 0 fully saturated rings. The third kappa shape index (κ3) is 5.84. The predicted octanol–water partition coefficient (Wildman–Crippen LogP) is 4.23. The van der Waals surface area contributed by atoms with Crippen LogP contribution in [0.5, 0.6) is 0 Å². The average Bonchev–Trinajstić information content (AvgIpc) is 2.44. The fourth-order valence-electron chi connectivity index (χ4n) is 2.11. The molecule has 21 heavy (non-hydrogen) atoms. The van der Waals surface area contributed by atoms with Crippen molar-refractivity contribution in [3.8, 4) is 0 Å². The second-order valence-corrected chi connectivity index (χ2v) is 6.56. The van der Waals surface area contributed by atoms with Crippen molar-refractivity contribution in [1.29, 1.82) is 0 Å². The van der Waals surface area contributed by atoms with Gasteiger partial charge in [0.05, 0.1) is 0 Å². The number of rotatable bonds is 7. The van der Waals surface area contributed by atoms with Crippen molar-refractivity contribution in [1.82, 2.24) is 0 Å². The molecule has 0 saturated heterocycles. The van der Waals surface area contributed by atoms with Gasteiger partial charge in [0.15, 0.2) is 0 Å². The van der Waals surface area contributed by atoms with Crippen LogP contribution in [0, 0.1) is 11.8 Å². The summed E-state index contributed by atoms with van der Waals surface area (Å²) >= 11 is 0. The summed E-state index contributed by atoms with van der Waals surface area (Å²) < 4.78 is 0. The quantitative estimate of drug-likeness (QED) is 0.591. The summed E-state index contributed by atoms with van der Waals surface area (Å²) in [4.78, 5) is 4.61. The van der Waals surface area contributed by atoms with Gasteiger partial charge in [-0.2, -0.15) is 0 Å². The average molecular weight is 286 g/mol. The second-order valence-electron chi connectivity index (χ2n) is 6.56. The Bertz CT molecular complexity index is 481. The zero-order valence-electron chi connectivity index (χ0n) is 14.2. The molecule has 0 heterocycles. The van der Waals surface area contributed by atoms with E-state index in [2.05, 4.69) is 70.5 Å². The van der Waals surface area contributed by atoms with Gasteiger partial charge in [0.25, 0.3) is 0 Å².